The molecule has 2 N–H and O–H groups in total. The minimum absolute atomic E-state index is 0.0880. The maximum Gasteiger partial charge on any atom is 0.409 e. The van der Waals surface area contributed by atoms with Crippen molar-refractivity contribution >= 4 is 28.5 Å². The Morgan fingerprint density at radius 3 is 2.57 bits per heavy atom. The Morgan fingerprint density at radius 1 is 1.33 bits per heavy atom. The third-order valence-electron chi connectivity index (χ3n) is 3.32. The van der Waals surface area contributed by atoms with Crippen molar-refractivity contribution in [2.75, 3.05) is 38.5 Å². The summed E-state index contributed by atoms with van der Waals surface area (Å²) < 4.78 is 4.95. The minimum atomic E-state index is -0.303. The second-order valence-corrected chi connectivity index (χ2v) is 5.63. The van der Waals surface area contributed by atoms with E-state index in [2.05, 4.69) is 4.98 Å². The normalized spacial score (nSPS) is 15.1. The van der Waals surface area contributed by atoms with Crippen LogP contribution in [-0.4, -0.2) is 59.6 Å². The highest BCUT2D eigenvalue weighted by molar-refractivity contribution is 7.13. The number of nitrogens with zero attached hydrogens (tertiary/aromatic N) is 3. The fraction of sp³-hybridized carbons (Fsp3) is 0.615. The van der Waals surface area contributed by atoms with Crippen molar-refractivity contribution in [1.29, 1.82) is 0 Å². The molecule has 1 aliphatic heterocycles. The zero-order valence-corrected chi connectivity index (χ0v) is 12.9. The van der Waals surface area contributed by atoms with E-state index in [0.29, 0.717) is 50.8 Å². The number of anilines is 1. The first-order chi connectivity index (χ1) is 10.1. The van der Waals surface area contributed by atoms with Gasteiger partial charge in [-0.1, -0.05) is 0 Å². The summed E-state index contributed by atoms with van der Waals surface area (Å²) in [5.41, 5.74) is 6.42. The topological polar surface area (TPSA) is 88.8 Å². The SMILES string of the molecule is CCOC(=O)N1CCN(C(=O)CCc2csc(N)n2)CC1. The Kier molecular flexibility index (Phi) is 5.38. The van der Waals surface area contributed by atoms with Gasteiger partial charge in [-0.05, 0) is 13.3 Å². The monoisotopic (exact) mass is 312 g/mol. The number of aryl methyl sites for hydroxylation is 1. The van der Waals surface area contributed by atoms with Gasteiger partial charge in [0, 0.05) is 38.0 Å². The number of nitrogen functional groups attached to an aromatic ring is 1. The van der Waals surface area contributed by atoms with Gasteiger partial charge < -0.3 is 20.3 Å². The number of carbonyl (C=O) groups is 2. The molecule has 7 nitrogen and oxygen atoms in total. The molecule has 0 aromatic carbocycles. The Morgan fingerprint density at radius 2 is 2.00 bits per heavy atom. The van der Waals surface area contributed by atoms with Gasteiger partial charge in [-0.2, -0.15) is 0 Å². The molecule has 0 saturated carbocycles. The predicted molar refractivity (Wildman–Crippen MR) is 80.0 cm³/mol. The molecule has 0 spiro atoms. The fourth-order valence-corrected chi connectivity index (χ4v) is 2.78. The van der Waals surface area contributed by atoms with E-state index >= 15 is 0 Å². The van der Waals surface area contributed by atoms with Gasteiger partial charge in [0.1, 0.15) is 0 Å². The van der Waals surface area contributed by atoms with E-state index in [-0.39, 0.29) is 12.0 Å². The maximum absolute atomic E-state index is 12.1. The summed E-state index contributed by atoms with van der Waals surface area (Å²) in [5.74, 6) is 0.0880. The second kappa shape index (κ2) is 7.26. The first-order valence-corrected chi connectivity index (χ1v) is 7.87. The van der Waals surface area contributed by atoms with Crippen LogP contribution in [0.3, 0.4) is 0 Å². The van der Waals surface area contributed by atoms with Crippen LogP contribution in [0.4, 0.5) is 9.93 Å². The molecule has 2 heterocycles. The van der Waals surface area contributed by atoms with Gasteiger partial charge in [0.05, 0.1) is 12.3 Å². The highest BCUT2D eigenvalue weighted by Gasteiger charge is 2.24. The second-order valence-electron chi connectivity index (χ2n) is 4.74. The quantitative estimate of drug-likeness (QED) is 0.894. The molecule has 0 bridgehead atoms. The Bertz CT molecular complexity index is 497. The third-order valence-corrected chi connectivity index (χ3v) is 4.05. The van der Waals surface area contributed by atoms with Crippen molar-refractivity contribution in [2.45, 2.75) is 19.8 Å². The summed E-state index contributed by atoms with van der Waals surface area (Å²) >= 11 is 1.38. The summed E-state index contributed by atoms with van der Waals surface area (Å²) in [5, 5.41) is 2.40. The van der Waals surface area contributed by atoms with E-state index in [0.717, 1.165) is 5.69 Å². The van der Waals surface area contributed by atoms with Crippen molar-refractivity contribution in [3.63, 3.8) is 0 Å². The molecule has 1 saturated heterocycles. The number of thiazole rings is 1. The summed E-state index contributed by atoms with van der Waals surface area (Å²) in [6.07, 6.45) is 0.718. The predicted octanol–water partition coefficient (Wildman–Crippen LogP) is 0.959. The van der Waals surface area contributed by atoms with Crippen LogP contribution in [0.1, 0.15) is 19.0 Å². The molecular weight excluding hydrogens is 292 g/mol. The van der Waals surface area contributed by atoms with Gasteiger partial charge in [0.2, 0.25) is 5.91 Å². The number of amides is 2. The van der Waals surface area contributed by atoms with Crippen molar-refractivity contribution in [3.05, 3.63) is 11.1 Å². The lowest BCUT2D eigenvalue weighted by Gasteiger charge is -2.34. The Balaban J connectivity index is 1.74. The molecule has 1 aromatic rings. The smallest absolute Gasteiger partial charge is 0.409 e. The van der Waals surface area contributed by atoms with Gasteiger partial charge in [0.25, 0.3) is 0 Å². The number of nitrogens with two attached hydrogens (primary N) is 1. The molecule has 0 unspecified atom stereocenters. The number of aromatic nitrogens is 1. The number of ether oxygens (including phenoxy) is 1. The summed E-state index contributed by atoms with van der Waals surface area (Å²) in [4.78, 5) is 31.2. The van der Waals surface area contributed by atoms with Crippen LogP contribution in [0.2, 0.25) is 0 Å². The van der Waals surface area contributed by atoms with Gasteiger partial charge in [-0.25, -0.2) is 9.78 Å². The van der Waals surface area contributed by atoms with Gasteiger partial charge in [0.15, 0.2) is 5.13 Å². The van der Waals surface area contributed by atoms with Gasteiger partial charge >= 0.3 is 6.09 Å². The maximum atomic E-state index is 12.1. The van der Waals surface area contributed by atoms with Crippen LogP contribution in [0, 0.1) is 0 Å². The Hall–Kier alpha value is -1.83. The molecule has 1 fully saturated rings. The molecule has 2 amide bonds. The summed E-state index contributed by atoms with van der Waals surface area (Å²) in [7, 11) is 0. The van der Waals surface area contributed by atoms with Gasteiger partial charge in [-0.15, -0.1) is 11.3 Å². The van der Waals surface area contributed by atoms with Crippen molar-refractivity contribution in [2.24, 2.45) is 0 Å². The number of piperazine rings is 1. The highest BCUT2D eigenvalue weighted by atomic mass is 32.1. The van der Waals surface area contributed by atoms with Crippen molar-refractivity contribution in [1.82, 2.24) is 14.8 Å². The molecule has 1 aromatic heterocycles. The summed E-state index contributed by atoms with van der Waals surface area (Å²) in [6, 6.07) is 0. The summed E-state index contributed by atoms with van der Waals surface area (Å²) in [6.45, 7) is 4.30. The van der Waals surface area contributed by atoms with Gasteiger partial charge in [-0.3, -0.25) is 4.79 Å². The molecule has 116 valence electrons. The number of carbonyl (C=O) groups excluding carboxylic acids is 2. The van der Waals surface area contributed by atoms with E-state index in [4.69, 9.17) is 10.5 Å². The molecule has 0 aliphatic carbocycles. The molecular formula is C13H20N4O3S. The van der Waals surface area contributed by atoms with E-state index in [1.807, 2.05) is 5.38 Å². The minimum Gasteiger partial charge on any atom is -0.450 e. The largest absolute Gasteiger partial charge is 0.450 e. The van der Waals surface area contributed by atoms with E-state index in [1.54, 1.807) is 16.7 Å². The average molecular weight is 312 g/mol. The highest BCUT2D eigenvalue weighted by Crippen LogP contribution is 2.13. The van der Waals surface area contributed by atoms with E-state index < -0.39 is 0 Å². The lowest BCUT2D eigenvalue weighted by Crippen LogP contribution is -2.50. The fourth-order valence-electron chi connectivity index (χ4n) is 2.18. The standard InChI is InChI=1S/C13H20N4O3S/c1-2-20-13(19)17-7-5-16(6-8-17)11(18)4-3-10-9-21-12(14)15-10/h9H,2-8H2,1H3,(H2,14,15). The van der Waals surface area contributed by atoms with E-state index in [9.17, 15) is 9.59 Å². The molecule has 2 rings (SSSR count). The van der Waals surface area contributed by atoms with Crippen LogP contribution in [0.25, 0.3) is 0 Å². The molecule has 21 heavy (non-hydrogen) atoms. The molecule has 8 heteroatoms. The zero-order valence-electron chi connectivity index (χ0n) is 12.1. The van der Waals surface area contributed by atoms with Crippen LogP contribution in [0.5, 0.6) is 0 Å². The number of rotatable bonds is 4. The Labute approximate surface area is 127 Å². The molecule has 0 radical (unpaired) electrons. The molecule has 0 atom stereocenters. The van der Waals surface area contributed by atoms with Crippen LogP contribution < -0.4 is 5.73 Å². The molecule has 1 aliphatic rings. The number of hydrogen-bond acceptors (Lipinski definition) is 6. The zero-order chi connectivity index (χ0) is 15.2. The average Bonchev–Trinajstić information content (AvgIpc) is 2.91. The first kappa shape index (κ1) is 15.6. The lowest BCUT2D eigenvalue weighted by molar-refractivity contribution is -0.132. The first-order valence-electron chi connectivity index (χ1n) is 6.99. The van der Waals surface area contributed by atoms with Crippen LogP contribution in [-0.2, 0) is 16.0 Å². The van der Waals surface area contributed by atoms with Crippen LogP contribution >= 0.6 is 11.3 Å². The third kappa shape index (κ3) is 4.32. The van der Waals surface area contributed by atoms with Crippen molar-refractivity contribution < 1.29 is 14.3 Å². The number of hydrogen-bond donors (Lipinski definition) is 1. The van der Waals surface area contributed by atoms with Crippen molar-refractivity contribution in [3.8, 4) is 0 Å². The van der Waals surface area contributed by atoms with E-state index in [1.165, 1.54) is 11.3 Å². The van der Waals surface area contributed by atoms with Crippen LogP contribution in [0.15, 0.2) is 5.38 Å². The lowest BCUT2D eigenvalue weighted by atomic mass is 10.2.